The first-order chi connectivity index (χ1) is 14.1. The zero-order chi connectivity index (χ0) is 20.3. The minimum Gasteiger partial charge on any atom is -0.461 e. The normalized spacial score (nSPS) is 18.1. The number of urea groups is 1. The van der Waals surface area contributed by atoms with Crippen molar-refractivity contribution in [3.05, 3.63) is 48.3 Å². The summed E-state index contributed by atoms with van der Waals surface area (Å²) >= 11 is 0. The molecule has 1 saturated heterocycles. The molecule has 3 amide bonds. The number of hydrogen-bond acceptors (Lipinski definition) is 5. The maximum Gasteiger partial charge on any atom is 0.325 e. The van der Waals surface area contributed by atoms with Gasteiger partial charge in [0.2, 0.25) is 0 Å². The van der Waals surface area contributed by atoms with Crippen LogP contribution in [0.2, 0.25) is 0 Å². The van der Waals surface area contributed by atoms with E-state index in [1.54, 1.807) is 10.9 Å². The second-order valence-electron chi connectivity index (χ2n) is 7.56. The molecule has 8 heteroatoms. The van der Waals surface area contributed by atoms with Gasteiger partial charge in [0.25, 0.3) is 5.91 Å². The van der Waals surface area contributed by atoms with Crippen LogP contribution in [0.3, 0.4) is 0 Å². The Morgan fingerprint density at radius 3 is 2.59 bits per heavy atom. The lowest BCUT2D eigenvalue weighted by atomic mass is 9.82. The van der Waals surface area contributed by atoms with Gasteiger partial charge in [-0.2, -0.15) is 5.10 Å². The van der Waals surface area contributed by atoms with Crippen molar-refractivity contribution in [3.8, 4) is 5.69 Å². The highest BCUT2D eigenvalue weighted by Gasteiger charge is 2.51. The van der Waals surface area contributed by atoms with Gasteiger partial charge in [-0.25, -0.2) is 9.48 Å². The number of benzene rings is 1. The molecule has 1 N–H and O–H groups in total. The molecule has 1 aromatic heterocycles. The summed E-state index contributed by atoms with van der Waals surface area (Å²) in [6, 6.07) is 8.97. The molecule has 2 heterocycles. The molecule has 4 rings (SSSR count). The number of imide groups is 1. The third kappa shape index (κ3) is 4.01. The van der Waals surface area contributed by atoms with Crippen LogP contribution in [0.5, 0.6) is 0 Å². The molecule has 1 aliphatic heterocycles. The quantitative estimate of drug-likeness (QED) is 0.598. The first-order valence-corrected chi connectivity index (χ1v) is 9.96. The number of carbonyl (C=O) groups excluding carboxylic acids is 3. The Kier molecular flexibility index (Phi) is 5.33. The Hall–Kier alpha value is -3.16. The second kappa shape index (κ2) is 8.06. The molecule has 29 heavy (non-hydrogen) atoms. The summed E-state index contributed by atoms with van der Waals surface area (Å²) in [5.41, 5.74) is 1.01. The maximum absolute atomic E-state index is 12.7. The van der Waals surface area contributed by atoms with Gasteiger partial charge >= 0.3 is 12.0 Å². The summed E-state index contributed by atoms with van der Waals surface area (Å²) < 4.78 is 7.04. The minimum atomic E-state index is -0.754. The van der Waals surface area contributed by atoms with Crippen molar-refractivity contribution in [2.24, 2.45) is 0 Å². The standard InChI is InChI=1S/C21H24N4O4/c26-18(29-15-16-5-7-17(8-6-16)25-13-4-12-22-25)9-14-24-19(27)21(23-20(24)28)10-2-1-3-11-21/h4-8,12-13H,1-3,9-11,14-15H2,(H,23,28). The fourth-order valence-corrected chi connectivity index (χ4v) is 3.98. The van der Waals surface area contributed by atoms with E-state index in [0.717, 1.165) is 35.4 Å². The first kappa shape index (κ1) is 19.2. The molecule has 1 spiro atoms. The number of aromatic nitrogens is 2. The lowest BCUT2D eigenvalue weighted by molar-refractivity contribution is -0.145. The van der Waals surface area contributed by atoms with E-state index in [9.17, 15) is 14.4 Å². The van der Waals surface area contributed by atoms with E-state index in [1.807, 2.05) is 36.5 Å². The van der Waals surface area contributed by atoms with Crippen molar-refractivity contribution in [2.45, 2.75) is 50.7 Å². The zero-order valence-electron chi connectivity index (χ0n) is 16.2. The minimum absolute atomic E-state index is 0.0133. The molecule has 2 aliphatic rings. The Bertz CT molecular complexity index is 886. The molecule has 1 aromatic carbocycles. The summed E-state index contributed by atoms with van der Waals surface area (Å²) in [5.74, 6) is -0.643. The van der Waals surface area contributed by atoms with Crippen LogP contribution in [0, 0.1) is 0 Å². The van der Waals surface area contributed by atoms with Crippen molar-refractivity contribution in [1.29, 1.82) is 0 Å². The molecule has 0 bridgehead atoms. The van der Waals surface area contributed by atoms with Gasteiger partial charge in [-0.15, -0.1) is 0 Å². The molecule has 0 atom stereocenters. The lowest BCUT2D eigenvalue weighted by Crippen LogP contribution is -2.48. The van der Waals surface area contributed by atoms with Crippen LogP contribution < -0.4 is 5.32 Å². The fraction of sp³-hybridized carbons (Fsp3) is 0.429. The average Bonchev–Trinajstić information content (AvgIpc) is 3.34. The topological polar surface area (TPSA) is 93.5 Å². The van der Waals surface area contributed by atoms with Gasteiger partial charge in [-0.05, 0) is 36.6 Å². The Morgan fingerprint density at radius 2 is 1.90 bits per heavy atom. The van der Waals surface area contributed by atoms with Gasteiger partial charge in [0, 0.05) is 18.9 Å². The van der Waals surface area contributed by atoms with Gasteiger partial charge in [-0.3, -0.25) is 14.5 Å². The van der Waals surface area contributed by atoms with Gasteiger partial charge in [0.15, 0.2) is 0 Å². The van der Waals surface area contributed by atoms with Crippen LogP contribution in [-0.2, 0) is 20.9 Å². The molecule has 0 radical (unpaired) electrons. The Labute approximate surface area is 168 Å². The predicted octanol–water partition coefficient (Wildman–Crippen LogP) is 2.56. The number of carbonyl (C=O) groups is 3. The van der Waals surface area contributed by atoms with Crippen LogP contribution in [0.25, 0.3) is 5.69 Å². The van der Waals surface area contributed by atoms with E-state index in [-0.39, 0.29) is 25.5 Å². The van der Waals surface area contributed by atoms with E-state index >= 15 is 0 Å². The Morgan fingerprint density at radius 1 is 1.14 bits per heavy atom. The molecule has 1 aliphatic carbocycles. The molecule has 8 nitrogen and oxygen atoms in total. The van der Waals surface area contributed by atoms with Crippen molar-refractivity contribution in [3.63, 3.8) is 0 Å². The van der Waals surface area contributed by atoms with Crippen molar-refractivity contribution < 1.29 is 19.1 Å². The second-order valence-corrected chi connectivity index (χ2v) is 7.56. The van der Waals surface area contributed by atoms with Crippen LogP contribution >= 0.6 is 0 Å². The number of hydrogen-bond donors (Lipinski definition) is 1. The van der Waals surface area contributed by atoms with Crippen molar-refractivity contribution >= 4 is 17.9 Å². The zero-order valence-corrected chi connectivity index (χ0v) is 16.2. The molecule has 1 saturated carbocycles. The maximum atomic E-state index is 12.7. The van der Waals surface area contributed by atoms with Crippen LogP contribution in [0.15, 0.2) is 42.7 Å². The van der Waals surface area contributed by atoms with Crippen LogP contribution in [-0.4, -0.2) is 44.7 Å². The van der Waals surface area contributed by atoms with Crippen LogP contribution in [0.4, 0.5) is 4.79 Å². The number of amides is 3. The molecular formula is C21H24N4O4. The van der Waals surface area contributed by atoms with Crippen LogP contribution in [0.1, 0.15) is 44.1 Å². The summed E-state index contributed by atoms with van der Waals surface area (Å²) in [5, 5.41) is 7.01. The average molecular weight is 396 g/mol. The molecule has 152 valence electrons. The van der Waals surface area contributed by atoms with Gasteiger partial charge in [-0.1, -0.05) is 31.4 Å². The lowest BCUT2D eigenvalue weighted by Gasteiger charge is -2.30. The van der Waals surface area contributed by atoms with Crippen molar-refractivity contribution in [2.75, 3.05) is 6.54 Å². The largest absolute Gasteiger partial charge is 0.461 e. The number of rotatable bonds is 6. The predicted molar refractivity (Wildman–Crippen MR) is 104 cm³/mol. The van der Waals surface area contributed by atoms with Crippen molar-refractivity contribution in [1.82, 2.24) is 20.0 Å². The number of ether oxygens (including phenoxy) is 1. The van der Waals surface area contributed by atoms with E-state index in [4.69, 9.17) is 4.74 Å². The first-order valence-electron chi connectivity index (χ1n) is 9.96. The number of esters is 1. The highest BCUT2D eigenvalue weighted by Crippen LogP contribution is 2.33. The number of nitrogens with one attached hydrogen (secondary N) is 1. The van der Waals surface area contributed by atoms with E-state index in [0.29, 0.717) is 12.8 Å². The van der Waals surface area contributed by atoms with E-state index in [2.05, 4.69) is 10.4 Å². The SMILES string of the molecule is O=C(CCN1C(=O)NC2(CCCCC2)C1=O)OCc1ccc(-n2cccn2)cc1. The van der Waals surface area contributed by atoms with Gasteiger partial charge in [0.1, 0.15) is 12.1 Å². The summed E-state index contributed by atoms with van der Waals surface area (Å²) in [6.07, 6.45) is 7.84. The van der Waals surface area contributed by atoms with Gasteiger partial charge in [0.05, 0.1) is 12.1 Å². The smallest absolute Gasteiger partial charge is 0.325 e. The summed E-state index contributed by atoms with van der Waals surface area (Å²) in [7, 11) is 0. The van der Waals surface area contributed by atoms with E-state index in [1.165, 1.54) is 0 Å². The Balaban J connectivity index is 1.26. The molecule has 2 aromatic rings. The monoisotopic (exact) mass is 396 g/mol. The molecule has 0 unspecified atom stereocenters. The third-order valence-electron chi connectivity index (χ3n) is 5.60. The molecular weight excluding hydrogens is 372 g/mol. The molecule has 2 fully saturated rings. The van der Waals surface area contributed by atoms with E-state index < -0.39 is 17.5 Å². The van der Waals surface area contributed by atoms with Gasteiger partial charge < -0.3 is 10.1 Å². The number of nitrogens with zero attached hydrogens (tertiary/aromatic N) is 3. The highest BCUT2D eigenvalue weighted by molar-refractivity contribution is 6.07. The third-order valence-corrected chi connectivity index (χ3v) is 5.60. The fourth-order valence-electron chi connectivity index (χ4n) is 3.98. The highest BCUT2D eigenvalue weighted by atomic mass is 16.5. The summed E-state index contributed by atoms with van der Waals surface area (Å²) in [6.45, 7) is 0.186. The summed E-state index contributed by atoms with van der Waals surface area (Å²) in [4.78, 5) is 38.2.